The molecule has 1 aromatic heterocycles. The van der Waals surface area contributed by atoms with Gasteiger partial charge < -0.3 is 14.8 Å². The maximum Gasteiger partial charge on any atom is 0.338 e. The maximum atomic E-state index is 12.3. The lowest BCUT2D eigenvalue weighted by Crippen LogP contribution is -2.29. The summed E-state index contributed by atoms with van der Waals surface area (Å²) >= 11 is 0. The Hall–Kier alpha value is -2.08. The van der Waals surface area contributed by atoms with Gasteiger partial charge in [0.05, 0.1) is 30.5 Å². The quantitative estimate of drug-likeness (QED) is 0.843. The smallest absolute Gasteiger partial charge is 0.338 e. The Labute approximate surface area is 148 Å². The van der Waals surface area contributed by atoms with E-state index in [1.54, 1.807) is 11.8 Å². The van der Waals surface area contributed by atoms with Crippen LogP contribution >= 0.6 is 0 Å². The van der Waals surface area contributed by atoms with Crippen molar-refractivity contribution in [3.05, 3.63) is 23.4 Å². The molecule has 0 bridgehead atoms. The van der Waals surface area contributed by atoms with Gasteiger partial charge in [-0.05, 0) is 43.7 Å². The number of ether oxygens (including phenoxy) is 2. The number of anilines is 1. The Morgan fingerprint density at radius 3 is 2.64 bits per heavy atom. The molecule has 25 heavy (non-hydrogen) atoms. The van der Waals surface area contributed by atoms with Crippen molar-refractivity contribution in [1.29, 1.82) is 0 Å². The minimum Gasteiger partial charge on any atom is -0.465 e. The molecule has 2 aromatic rings. The van der Waals surface area contributed by atoms with E-state index in [2.05, 4.69) is 17.3 Å². The second kappa shape index (κ2) is 7.44. The van der Waals surface area contributed by atoms with Crippen LogP contribution in [0.25, 0.3) is 10.9 Å². The number of carbonyl (C=O) groups is 1. The molecule has 1 saturated carbocycles. The molecule has 0 unspecified atom stereocenters. The number of aromatic nitrogens is 2. The number of esters is 1. The van der Waals surface area contributed by atoms with Gasteiger partial charge in [-0.15, -0.1) is 0 Å². The number of hydrogen-bond acceptors (Lipinski definition) is 5. The van der Waals surface area contributed by atoms with Crippen molar-refractivity contribution in [1.82, 2.24) is 9.78 Å². The first-order valence-electron chi connectivity index (χ1n) is 8.94. The summed E-state index contributed by atoms with van der Waals surface area (Å²) < 4.78 is 12.3. The van der Waals surface area contributed by atoms with Gasteiger partial charge in [0.1, 0.15) is 0 Å². The zero-order chi connectivity index (χ0) is 18.0. The summed E-state index contributed by atoms with van der Waals surface area (Å²) in [5.41, 5.74) is 3.58. The average Bonchev–Trinajstić information content (AvgIpc) is 3.02. The van der Waals surface area contributed by atoms with Gasteiger partial charge in [0.15, 0.2) is 0 Å². The lowest BCUT2D eigenvalue weighted by atomic mass is 9.91. The Kier molecular flexibility index (Phi) is 5.27. The topological polar surface area (TPSA) is 65.4 Å². The molecule has 0 radical (unpaired) electrons. The molecular formula is C19H27N3O3. The summed E-state index contributed by atoms with van der Waals surface area (Å²) in [7, 11) is 5.10. The number of fused-ring (bicyclic) bond motifs is 1. The molecule has 1 aromatic carbocycles. The molecule has 0 saturated heterocycles. The number of hydrogen-bond donors (Lipinski definition) is 1. The Bertz CT molecular complexity index is 761. The molecule has 0 spiro atoms. The van der Waals surface area contributed by atoms with Gasteiger partial charge in [0.2, 0.25) is 0 Å². The number of benzene rings is 1. The predicted molar refractivity (Wildman–Crippen MR) is 98.1 cm³/mol. The third-order valence-corrected chi connectivity index (χ3v) is 5.28. The van der Waals surface area contributed by atoms with E-state index in [9.17, 15) is 4.79 Å². The fourth-order valence-electron chi connectivity index (χ4n) is 3.80. The summed E-state index contributed by atoms with van der Waals surface area (Å²) in [6.07, 6.45) is 7.23. The van der Waals surface area contributed by atoms with E-state index >= 15 is 0 Å². The van der Waals surface area contributed by atoms with Crippen LogP contribution in [-0.2, 0) is 22.9 Å². The van der Waals surface area contributed by atoms with Crippen LogP contribution in [0.5, 0.6) is 0 Å². The van der Waals surface area contributed by atoms with Gasteiger partial charge in [-0.1, -0.05) is 6.92 Å². The molecule has 6 nitrogen and oxygen atoms in total. The van der Waals surface area contributed by atoms with E-state index < -0.39 is 0 Å². The van der Waals surface area contributed by atoms with E-state index in [-0.39, 0.29) is 5.97 Å². The van der Waals surface area contributed by atoms with Gasteiger partial charge in [-0.3, -0.25) is 4.68 Å². The van der Waals surface area contributed by atoms with Crippen molar-refractivity contribution >= 4 is 22.6 Å². The van der Waals surface area contributed by atoms with Crippen LogP contribution < -0.4 is 5.32 Å². The second-order valence-electron chi connectivity index (χ2n) is 6.68. The van der Waals surface area contributed by atoms with E-state index in [4.69, 9.17) is 9.47 Å². The zero-order valence-electron chi connectivity index (χ0n) is 15.5. The third-order valence-electron chi connectivity index (χ3n) is 5.28. The molecular weight excluding hydrogens is 318 g/mol. The summed E-state index contributed by atoms with van der Waals surface area (Å²) in [6, 6.07) is 2.27. The molecule has 1 heterocycles. The highest BCUT2D eigenvalue weighted by Crippen LogP contribution is 2.34. The van der Waals surface area contributed by atoms with Crippen molar-refractivity contribution < 1.29 is 14.3 Å². The van der Waals surface area contributed by atoms with E-state index in [1.807, 2.05) is 19.3 Å². The standard InChI is InChI=1S/C19H27N3O3/c1-5-14-15(19(23)25-4)10-17-16(11-20-22(17)2)18(14)21-12-6-8-13(24-3)9-7-12/h10-13,21H,5-9H2,1-4H3. The van der Waals surface area contributed by atoms with E-state index in [0.717, 1.165) is 54.3 Å². The molecule has 1 aliphatic carbocycles. The molecule has 0 amide bonds. The van der Waals surface area contributed by atoms with Crippen LogP contribution in [-0.4, -0.2) is 42.1 Å². The summed E-state index contributed by atoms with van der Waals surface area (Å²) in [5, 5.41) is 9.14. The van der Waals surface area contributed by atoms with Crippen LogP contribution in [0, 0.1) is 0 Å². The highest BCUT2D eigenvalue weighted by Gasteiger charge is 2.25. The van der Waals surface area contributed by atoms with Crippen molar-refractivity contribution in [2.75, 3.05) is 19.5 Å². The highest BCUT2D eigenvalue weighted by molar-refractivity contribution is 6.03. The van der Waals surface area contributed by atoms with Crippen molar-refractivity contribution in [2.45, 2.75) is 51.2 Å². The number of methoxy groups -OCH3 is 2. The van der Waals surface area contributed by atoms with Crippen LogP contribution in [0.4, 0.5) is 5.69 Å². The molecule has 136 valence electrons. The maximum absolute atomic E-state index is 12.3. The molecule has 1 aliphatic rings. The van der Waals surface area contributed by atoms with Gasteiger partial charge in [-0.2, -0.15) is 5.10 Å². The van der Waals surface area contributed by atoms with Crippen LogP contribution in [0.1, 0.15) is 48.5 Å². The lowest BCUT2D eigenvalue weighted by molar-refractivity contribution is 0.0599. The van der Waals surface area contributed by atoms with E-state index in [0.29, 0.717) is 17.7 Å². The molecule has 1 N–H and O–H groups in total. The van der Waals surface area contributed by atoms with Gasteiger partial charge in [0, 0.05) is 31.3 Å². The third kappa shape index (κ3) is 3.35. The van der Waals surface area contributed by atoms with Crippen molar-refractivity contribution in [2.24, 2.45) is 7.05 Å². The lowest BCUT2D eigenvalue weighted by Gasteiger charge is -2.30. The molecule has 0 aliphatic heterocycles. The van der Waals surface area contributed by atoms with Crippen LogP contribution in [0.15, 0.2) is 12.3 Å². The van der Waals surface area contributed by atoms with E-state index in [1.165, 1.54) is 7.11 Å². The Morgan fingerprint density at radius 2 is 2.04 bits per heavy atom. The number of aryl methyl sites for hydroxylation is 1. The fraction of sp³-hybridized carbons (Fsp3) is 0.579. The average molecular weight is 345 g/mol. The van der Waals surface area contributed by atoms with Crippen molar-refractivity contribution in [3.8, 4) is 0 Å². The van der Waals surface area contributed by atoms with Gasteiger partial charge in [0.25, 0.3) is 0 Å². The van der Waals surface area contributed by atoms with Crippen LogP contribution in [0.3, 0.4) is 0 Å². The normalized spacial score (nSPS) is 20.6. The first-order chi connectivity index (χ1) is 12.1. The molecule has 6 heteroatoms. The van der Waals surface area contributed by atoms with Crippen LogP contribution in [0.2, 0.25) is 0 Å². The van der Waals surface area contributed by atoms with Crippen molar-refractivity contribution in [3.63, 3.8) is 0 Å². The summed E-state index contributed by atoms with van der Waals surface area (Å²) in [4.78, 5) is 12.3. The summed E-state index contributed by atoms with van der Waals surface area (Å²) in [6.45, 7) is 2.07. The first-order valence-corrected chi connectivity index (χ1v) is 8.94. The Morgan fingerprint density at radius 1 is 1.32 bits per heavy atom. The minimum absolute atomic E-state index is 0.300. The molecule has 0 atom stereocenters. The highest BCUT2D eigenvalue weighted by atomic mass is 16.5. The fourth-order valence-corrected chi connectivity index (χ4v) is 3.80. The minimum atomic E-state index is -0.300. The zero-order valence-corrected chi connectivity index (χ0v) is 15.5. The SMILES string of the molecule is CCc1c(C(=O)OC)cc2c(cnn2C)c1NC1CCC(OC)CC1. The molecule has 1 fully saturated rings. The number of rotatable bonds is 5. The second-order valence-corrected chi connectivity index (χ2v) is 6.68. The van der Waals surface area contributed by atoms with Gasteiger partial charge >= 0.3 is 5.97 Å². The Balaban J connectivity index is 2.01. The molecule has 3 rings (SSSR count). The number of carbonyl (C=O) groups excluding carboxylic acids is 1. The first kappa shape index (κ1) is 17.7. The summed E-state index contributed by atoms with van der Waals surface area (Å²) in [5.74, 6) is -0.300. The predicted octanol–water partition coefficient (Wildman–Crippen LogP) is 3.29. The number of nitrogens with zero attached hydrogens (tertiary/aromatic N) is 2. The number of nitrogens with one attached hydrogen (secondary N) is 1. The largest absolute Gasteiger partial charge is 0.465 e. The van der Waals surface area contributed by atoms with Gasteiger partial charge in [-0.25, -0.2) is 4.79 Å². The monoisotopic (exact) mass is 345 g/mol.